The van der Waals surface area contributed by atoms with Gasteiger partial charge in [-0.3, -0.25) is 9.69 Å². The number of nitrogens with one attached hydrogen (secondary N) is 2. The van der Waals surface area contributed by atoms with Crippen LogP contribution in [0.5, 0.6) is 5.75 Å². The number of hydrogen-bond acceptors (Lipinski definition) is 5. The zero-order valence-electron chi connectivity index (χ0n) is 18.9. The highest BCUT2D eigenvalue weighted by atomic mass is 16.5. The molecule has 0 radical (unpaired) electrons. The zero-order valence-corrected chi connectivity index (χ0v) is 18.9. The van der Waals surface area contributed by atoms with Crippen molar-refractivity contribution in [2.45, 2.75) is 32.7 Å². The third-order valence-electron chi connectivity index (χ3n) is 5.69. The second-order valence-corrected chi connectivity index (χ2v) is 8.17. The molecular weight excluding hydrogens is 422 g/mol. The lowest BCUT2D eigenvalue weighted by atomic mass is 9.95. The first-order chi connectivity index (χ1) is 15.9. The quantitative estimate of drug-likeness (QED) is 0.628. The van der Waals surface area contributed by atoms with Crippen LogP contribution in [0.25, 0.3) is 0 Å². The first-order valence-corrected chi connectivity index (χ1v) is 11.0. The van der Waals surface area contributed by atoms with Crippen molar-refractivity contribution in [1.29, 1.82) is 0 Å². The number of cyclic esters (lactones) is 1. The Labute approximate surface area is 192 Å². The van der Waals surface area contributed by atoms with Crippen molar-refractivity contribution in [2.75, 3.05) is 25.1 Å². The Kier molecular flexibility index (Phi) is 6.35. The van der Waals surface area contributed by atoms with Crippen molar-refractivity contribution in [1.82, 2.24) is 10.2 Å². The molecule has 2 aromatic rings. The summed E-state index contributed by atoms with van der Waals surface area (Å²) in [6.45, 7) is 6.09. The Morgan fingerprint density at radius 2 is 1.91 bits per heavy atom. The number of carbonyl (C=O) groups excluding carboxylic acids is 3. The maximum atomic E-state index is 13.1. The lowest BCUT2D eigenvalue weighted by Crippen LogP contribution is -2.49. The standard InChI is InChI=1S/C25H27N3O5/c1-4-32-20-12-8-6-10-17(20)23-22-19(14-33-24(22)30)28(25(31)27-23)13-21(29)26-18-11-7-5-9-16(18)15(2)3/h5-12,15,23H,4,13-14H2,1-3H3,(H,26,29)(H,27,31)/t23-/m1/s1. The fourth-order valence-corrected chi connectivity index (χ4v) is 4.17. The van der Waals surface area contributed by atoms with Crippen molar-refractivity contribution < 1.29 is 23.9 Å². The van der Waals surface area contributed by atoms with E-state index in [0.717, 1.165) is 5.56 Å². The van der Waals surface area contributed by atoms with Crippen LogP contribution in [0.4, 0.5) is 10.5 Å². The number of urea groups is 1. The van der Waals surface area contributed by atoms with Crippen molar-refractivity contribution in [3.63, 3.8) is 0 Å². The van der Waals surface area contributed by atoms with Crippen LogP contribution in [0, 0.1) is 0 Å². The second kappa shape index (κ2) is 9.36. The number of amides is 3. The molecular formula is C25H27N3O5. The van der Waals surface area contributed by atoms with Gasteiger partial charge in [0.2, 0.25) is 5.91 Å². The summed E-state index contributed by atoms with van der Waals surface area (Å²) in [4.78, 5) is 39.8. The third-order valence-corrected chi connectivity index (χ3v) is 5.69. The first-order valence-electron chi connectivity index (χ1n) is 11.0. The van der Waals surface area contributed by atoms with Crippen LogP contribution in [-0.2, 0) is 14.3 Å². The number of para-hydroxylation sites is 2. The molecule has 0 aliphatic carbocycles. The van der Waals surface area contributed by atoms with Crippen molar-refractivity contribution in [2.24, 2.45) is 0 Å². The lowest BCUT2D eigenvalue weighted by molar-refractivity contribution is -0.136. The number of benzene rings is 2. The van der Waals surface area contributed by atoms with E-state index in [1.165, 1.54) is 4.90 Å². The average molecular weight is 450 g/mol. The van der Waals surface area contributed by atoms with E-state index in [2.05, 4.69) is 10.6 Å². The molecule has 0 saturated heterocycles. The molecule has 0 fully saturated rings. The molecule has 8 nitrogen and oxygen atoms in total. The zero-order chi connectivity index (χ0) is 23.5. The Bertz CT molecular complexity index is 1120. The third kappa shape index (κ3) is 4.41. The summed E-state index contributed by atoms with van der Waals surface area (Å²) in [7, 11) is 0. The number of carbonyl (C=O) groups is 3. The van der Waals surface area contributed by atoms with Crippen LogP contribution in [0.2, 0.25) is 0 Å². The van der Waals surface area contributed by atoms with Crippen LogP contribution < -0.4 is 15.4 Å². The highest BCUT2D eigenvalue weighted by Gasteiger charge is 2.43. The summed E-state index contributed by atoms with van der Waals surface area (Å²) in [5.74, 6) is -0.0797. The van der Waals surface area contributed by atoms with Crippen LogP contribution in [-0.4, -0.2) is 42.6 Å². The van der Waals surface area contributed by atoms with E-state index in [1.807, 2.05) is 57.2 Å². The van der Waals surface area contributed by atoms with E-state index < -0.39 is 18.0 Å². The van der Waals surface area contributed by atoms with Gasteiger partial charge in [-0.15, -0.1) is 0 Å². The highest BCUT2D eigenvalue weighted by Crippen LogP contribution is 2.38. The van der Waals surface area contributed by atoms with Crippen LogP contribution in [0.3, 0.4) is 0 Å². The van der Waals surface area contributed by atoms with Crippen LogP contribution in [0.15, 0.2) is 59.8 Å². The van der Waals surface area contributed by atoms with E-state index in [-0.39, 0.29) is 25.0 Å². The van der Waals surface area contributed by atoms with Crippen LogP contribution >= 0.6 is 0 Å². The molecule has 0 bridgehead atoms. The topological polar surface area (TPSA) is 97.0 Å². The summed E-state index contributed by atoms with van der Waals surface area (Å²) in [5, 5.41) is 5.74. The van der Waals surface area contributed by atoms with Gasteiger partial charge in [0.15, 0.2) is 0 Å². The van der Waals surface area contributed by atoms with Crippen molar-refractivity contribution in [3.8, 4) is 5.75 Å². The van der Waals surface area contributed by atoms with E-state index >= 15 is 0 Å². The number of nitrogens with zero attached hydrogens (tertiary/aromatic N) is 1. The van der Waals surface area contributed by atoms with Gasteiger partial charge in [0.25, 0.3) is 0 Å². The monoisotopic (exact) mass is 449 g/mol. The Balaban J connectivity index is 1.61. The van der Waals surface area contributed by atoms with Crippen molar-refractivity contribution >= 4 is 23.6 Å². The Morgan fingerprint density at radius 1 is 1.18 bits per heavy atom. The molecule has 1 atom stereocenters. The molecule has 2 aliphatic rings. The van der Waals surface area contributed by atoms with Gasteiger partial charge >= 0.3 is 12.0 Å². The van der Waals surface area contributed by atoms with E-state index in [1.54, 1.807) is 12.1 Å². The fraction of sp³-hybridized carbons (Fsp3) is 0.320. The summed E-state index contributed by atoms with van der Waals surface area (Å²) < 4.78 is 11.0. The molecule has 2 aromatic carbocycles. The van der Waals surface area contributed by atoms with E-state index in [4.69, 9.17) is 9.47 Å². The summed E-state index contributed by atoms with van der Waals surface area (Å²) in [6.07, 6.45) is 0. The summed E-state index contributed by atoms with van der Waals surface area (Å²) >= 11 is 0. The van der Waals surface area contributed by atoms with Gasteiger partial charge in [-0.25, -0.2) is 9.59 Å². The Hall–Kier alpha value is -3.81. The van der Waals surface area contributed by atoms with Crippen molar-refractivity contribution in [3.05, 3.63) is 70.9 Å². The van der Waals surface area contributed by atoms with Crippen LogP contribution in [0.1, 0.15) is 43.9 Å². The Morgan fingerprint density at radius 3 is 2.67 bits per heavy atom. The smallest absolute Gasteiger partial charge is 0.338 e. The van der Waals surface area contributed by atoms with E-state index in [9.17, 15) is 14.4 Å². The van der Waals surface area contributed by atoms with Gasteiger partial charge in [-0.05, 0) is 30.5 Å². The predicted octanol–water partition coefficient (Wildman–Crippen LogP) is 3.72. The molecule has 33 heavy (non-hydrogen) atoms. The molecule has 172 valence electrons. The van der Waals surface area contributed by atoms with Gasteiger partial charge in [0, 0.05) is 11.3 Å². The minimum Gasteiger partial charge on any atom is -0.494 e. The van der Waals surface area contributed by atoms with Gasteiger partial charge in [-0.2, -0.15) is 0 Å². The largest absolute Gasteiger partial charge is 0.494 e. The number of anilines is 1. The number of esters is 1. The van der Waals surface area contributed by atoms with Gasteiger partial charge in [0.05, 0.1) is 23.9 Å². The minimum atomic E-state index is -0.716. The maximum absolute atomic E-state index is 13.1. The number of hydrogen-bond donors (Lipinski definition) is 2. The predicted molar refractivity (Wildman–Crippen MR) is 123 cm³/mol. The molecule has 2 heterocycles. The maximum Gasteiger partial charge on any atom is 0.338 e. The summed E-state index contributed by atoms with van der Waals surface area (Å²) in [5.41, 5.74) is 3.07. The molecule has 0 saturated carbocycles. The SMILES string of the molecule is CCOc1ccccc1[C@H]1NC(=O)N(CC(=O)Nc2ccccc2C(C)C)C2=C1C(=O)OC2. The average Bonchev–Trinajstić information content (AvgIpc) is 3.18. The molecule has 0 unspecified atom stereocenters. The number of ether oxygens (including phenoxy) is 2. The number of rotatable bonds is 7. The highest BCUT2D eigenvalue weighted by molar-refractivity contribution is 6.00. The normalized spacial score (nSPS) is 17.6. The lowest BCUT2D eigenvalue weighted by Gasteiger charge is -2.33. The first kappa shape index (κ1) is 22.4. The molecule has 3 amide bonds. The van der Waals surface area contributed by atoms with Gasteiger partial charge in [0.1, 0.15) is 18.9 Å². The molecule has 2 aliphatic heterocycles. The van der Waals surface area contributed by atoms with Gasteiger partial charge < -0.3 is 20.1 Å². The molecule has 0 spiro atoms. The molecule has 0 aromatic heterocycles. The van der Waals surface area contributed by atoms with E-state index in [0.29, 0.717) is 34.9 Å². The molecule has 4 rings (SSSR count). The summed E-state index contributed by atoms with van der Waals surface area (Å²) in [6, 6.07) is 13.6. The second-order valence-electron chi connectivity index (χ2n) is 8.17. The molecule has 2 N–H and O–H groups in total. The minimum absolute atomic E-state index is 0.0647. The molecule has 8 heteroatoms. The van der Waals surface area contributed by atoms with Gasteiger partial charge in [-0.1, -0.05) is 50.2 Å². The fourth-order valence-electron chi connectivity index (χ4n) is 4.17.